The SMILES string of the molecule is C=CCCCC(NCC)c1cccc(C)c1. The molecule has 1 unspecified atom stereocenters. The lowest BCUT2D eigenvalue weighted by Gasteiger charge is -2.18. The Morgan fingerprint density at radius 2 is 2.25 bits per heavy atom. The number of hydrogen-bond acceptors (Lipinski definition) is 1. The zero-order valence-corrected chi connectivity index (χ0v) is 10.5. The van der Waals surface area contributed by atoms with Crippen LogP contribution in [0.25, 0.3) is 0 Å². The third-order valence-electron chi connectivity index (χ3n) is 2.80. The summed E-state index contributed by atoms with van der Waals surface area (Å²) in [6, 6.07) is 9.28. The van der Waals surface area contributed by atoms with Crippen molar-refractivity contribution in [3.8, 4) is 0 Å². The molecule has 1 rings (SSSR count). The molecule has 0 aliphatic rings. The fraction of sp³-hybridized carbons (Fsp3) is 0.467. The summed E-state index contributed by atoms with van der Waals surface area (Å²) in [6.45, 7) is 9.10. The molecule has 0 aliphatic carbocycles. The van der Waals surface area contributed by atoms with Gasteiger partial charge in [0.25, 0.3) is 0 Å². The van der Waals surface area contributed by atoms with Gasteiger partial charge in [-0.3, -0.25) is 0 Å². The van der Waals surface area contributed by atoms with Crippen molar-refractivity contribution in [3.63, 3.8) is 0 Å². The van der Waals surface area contributed by atoms with Gasteiger partial charge >= 0.3 is 0 Å². The van der Waals surface area contributed by atoms with Crippen molar-refractivity contribution < 1.29 is 0 Å². The van der Waals surface area contributed by atoms with Crippen LogP contribution in [0.1, 0.15) is 43.4 Å². The molecule has 0 saturated carbocycles. The average Bonchev–Trinajstić information content (AvgIpc) is 2.28. The van der Waals surface area contributed by atoms with E-state index in [-0.39, 0.29) is 0 Å². The monoisotopic (exact) mass is 217 g/mol. The van der Waals surface area contributed by atoms with Gasteiger partial charge in [0.15, 0.2) is 0 Å². The first kappa shape index (κ1) is 13.0. The Morgan fingerprint density at radius 3 is 2.88 bits per heavy atom. The largest absolute Gasteiger partial charge is 0.310 e. The topological polar surface area (TPSA) is 12.0 Å². The molecule has 0 saturated heterocycles. The minimum atomic E-state index is 0.491. The van der Waals surface area contributed by atoms with Gasteiger partial charge in [-0.2, -0.15) is 0 Å². The van der Waals surface area contributed by atoms with Crippen molar-refractivity contribution in [3.05, 3.63) is 48.0 Å². The van der Waals surface area contributed by atoms with Gasteiger partial charge in [0, 0.05) is 6.04 Å². The van der Waals surface area contributed by atoms with Crippen molar-refractivity contribution in [2.45, 2.75) is 39.2 Å². The second-order valence-corrected chi connectivity index (χ2v) is 4.24. The van der Waals surface area contributed by atoms with Crippen molar-refractivity contribution >= 4 is 0 Å². The van der Waals surface area contributed by atoms with E-state index in [4.69, 9.17) is 0 Å². The normalized spacial score (nSPS) is 12.4. The van der Waals surface area contributed by atoms with Gasteiger partial charge in [-0.1, -0.05) is 42.8 Å². The molecule has 0 aromatic heterocycles. The van der Waals surface area contributed by atoms with Crippen molar-refractivity contribution in [1.82, 2.24) is 5.32 Å². The third-order valence-corrected chi connectivity index (χ3v) is 2.80. The van der Waals surface area contributed by atoms with Gasteiger partial charge in [0.05, 0.1) is 0 Å². The Hall–Kier alpha value is -1.08. The Labute approximate surface area is 99.6 Å². The van der Waals surface area contributed by atoms with E-state index in [1.807, 2.05) is 6.08 Å². The number of aryl methyl sites for hydroxylation is 1. The van der Waals surface area contributed by atoms with Gasteiger partial charge in [0.1, 0.15) is 0 Å². The maximum Gasteiger partial charge on any atom is 0.0320 e. The molecule has 0 bridgehead atoms. The van der Waals surface area contributed by atoms with E-state index in [0.29, 0.717) is 6.04 Å². The van der Waals surface area contributed by atoms with Crippen molar-refractivity contribution in [2.75, 3.05) is 6.54 Å². The first-order chi connectivity index (χ1) is 7.77. The van der Waals surface area contributed by atoms with Gasteiger partial charge in [-0.15, -0.1) is 6.58 Å². The average molecular weight is 217 g/mol. The van der Waals surface area contributed by atoms with Crippen LogP contribution < -0.4 is 5.32 Å². The molecule has 0 amide bonds. The predicted octanol–water partition coefficient (Wildman–Crippen LogP) is 4.00. The van der Waals surface area contributed by atoms with Crippen molar-refractivity contribution in [2.24, 2.45) is 0 Å². The summed E-state index contributed by atoms with van der Waals surface area (Å²) in [5.74, 6) is 0. The molecule has 0 radical (unpaired) electrons. The molecular formula is C15H23N. The van der Waals surface area contributed by atoms with E-state index in [1.54, 1.807) is 0 Å². The number of unbranched alkanes of at least 4 members (excludes halogenated alkanes) is 1. The molecule has 88 valence electrons. The molecule has 1 N–H and O–H groups in total. The fourth-order valence-electron chi connectivity index (χ4n) is 1.99. The first-order valence-electron chi connectivity index (χ1n) is 6.18. The van der Waals surface area contributed by atoms with Crippen LogP contribution in [0, 0.1) is 6.92 Å². The Kier molecular flexibility index (Phi) is 5.87. The van der Waals surface area contributed by atoms with Gasteiger partial charge in [0.2, 0.25) is 0 Å². The summed E-state index contributed by atoms with van der Waals surface area (Å²) in [5, 5.41) is 3.55. The van der Waals surface area contributed by atoms with Crippen LogP contribution in [0.4, 0.5) is 0 Å². The third kappa shape index (κ3) is 4.19. The maximum atomic E-state index is 3.77. The summed E-state index contributed by atoms with van der Waals surface area (Å²) in [5.41, 5.74) is 2.75. The van der Waals surface area contributed by atoms with Gasteiger partial charge < -0.3 is 5.32 Å². The summed E-state index contributed by atoms with van der Waals surface area (Å²) in [7, 11) is 0. The smallest absolute Gasteiger partial charge is 0.0320 e. The summed E-state index contributed by atoms with van der Waals surface area (Å²) in [4.78, 5) is 0. The highest BCUT2D eigenvalue weighted by atomic mass is 14.9. The molecule has 1 atom stereocenters. The van der Waals surface area contributed by atoms with Crippen LogP contribution in [0.3, 0.4) is 0 Å². The molecule has 0 spiro atoms. The van der Waals surface area contributed by atoms with Crippen LogP contribution in [0.5, 0.6) is 0 Å². The van der Waals surface area contributed by atoms with Crippen LogP contribution in [-0.2, 0) is 0 Å². The van der Waals surface area contributed by atoms with E-state index in [0.717, 1.165) is 13.0 Å². The standard InChI is InChI=1S/C15H23N/c1-4-6-7-11-15(16-5-2)14-10-8-9-13(3)12-14/h4,8-10,12,15-16H,1,5-7,11H2,2-3H3. The van der Waals surface area contributed by atoms with Gasteiger partial charge in [-0.05, 0) is 38.3 Å². The minimum Gasteiger partial charge on any atom is -0.310 e. The summed E-state index contributed by atoms with van der Waals surface area (Å²) in [6.07, 6.45) is 5.49. The molecule has 1 nitrogen and oxygen atoms in total. The van der Waals surface area contributed by atoms with E-state index in [1.165, 1.54) is 24.0 Å². The molecule has 1 aromatic carbocycles. The highest BCUT2D eigenvalue weighted by Crippen LogP contribution is 2.20. The maximum absolute atomic E-state index is 3.77. The molecular weight excluding hydrogens is 194 g/mol. The number of allylic oxidation sites excluding steroid dienone is 1. The van der Waals surface area contributed by atoms with Gasteiger partial charge in [-0.25, -0.2) is 0 Å². The van der Waals surface area contributed by atoms with Crippen LogP contribution in [0.15, 0.2) is 36.9 Å². The summed E-state index contributed by atoms with van der Waals surface area (Å²) >= 11 is 0. The lowest BCUT2D eigenvalue weighted by Crippen LogP contribution is -2.20. The molecule has 16 heavy (non-hydrogen) atoms. The molecule has 1 heteroatoms. The van der Waals surface area contributed by atoms with E-state index >= 15 is 0 Å². The first-order valence-corrected chi connectivity index (χ1v) is 6.18. The van der Waals surface area contributed by atoms with Crippen LogP contribution in [0.2, 0.25) is 0 Å². The number of benzene rings is 1. The highest BCUT2D eigenvalue weighted by molar-refractivity contribution is 5.25. The Bertz CT molecular complexity index is 317. The van der Waals surface area contributed by atoms with Crippen LogP contribution in [-0.4, -0.2) is 6.54 Å². The molecule has 0 heterocycles. The second-order valence-electron chi connectivity index (χ2n) is 4.24. The predicted molar refractivity (Wildman–Crippen MR) is 71.6 cm³/mol. The van der Waals surface area contributed by atoms with E-state index in [2.05, 4.69) is 50.0 Å². The zero-order valence-electron chi connectivity index (χ0n) is 10.5. The zero-order chi connectivity index (χ0) is 11.8. The van der Waals surface area contributed by atoms with Crippen LogP contribution >= 0.6 is 0 Å². The Balaban J connectivity index is 2.64. The van der Waals surface area contributed by atoms with E-state index in [9.17, 15) is 0 Å². The Morgan fingerprint density at radius 1 is 1.44 bits per heavy atom. The summed E-state index contributed by atoms with van der Waals surface area (Å²) < 4.78 is 0. The number of nitrogens with one attached hydrogen (secondary N) is 1. The number of rotatable bonds is 7. The second kappa shape index (κ2) is 7.24. The molecule has 0 aliphatic heterocycles. The lowest BCUT2D eigenvalue weighted by molar-refractivity contribution is 0.500. The quantitative estimate of drug-likeness (QED) is 0.537. The van der Waals surface area contributed by atoms with Crippen molar-refractivity contribution in [1.29, 1.82) is 0 Å². The highest BCUT2D eigenvalue weighted by Gasteiger charge is 2.09. The molecule has 0 fully saturated rings. The van der Waals surface area contributed by atoms with E-state index < -0.39 is 0 Å². The lowest BCUT2D eigenvalue weighted by atomic mass is 9.99. The fourth-order valence-corrected chi connectivity index (χ4v) is 1.99. The minimum absolute atomic E-state index is 0.491. The number of hydrogen-bond donors (Lipinski definition) is 1. The molecule has 1 aromatic rings.